The van der Waals surface area contributed by atoms with Crippen LogP contribution in [-0.2, 0) is 11.3 Å². The Kier molecular flexibility index (Phi) is 6.09. The molecule has 0 aliphatic carbocycles. The molecule has 0 saturated heterocycles. The molecule has 1 aromatic heterocycles. The molecule has 0 aliphatic rings. The molecule has 0 atom stereocenters. The summed E-state index contributed by atoms with van der Waals surface area (Å²) in [5.41, 5.74) is 2.48. The zero-order valence-corrected chi connectivity index (χ0v) is 14.6. The molecule has 0 radical (unpaired) electrons. The summed E-state index contributed by atoms with van der Waals surface area (Å²) in [5.74, 6) is 0.337. The van der Waals surface area contributed by atoms with E-state index in [1.54, 1.807) is 12.1 Å². The van der Waals surface area contributed by atoms with Gasteiger partial charge in [-0.1, -0.05) is 12.1 Å². The van der Waals surface area contributed by atoms with E-state index in [9.17, 15) is 9.18 Å². The van der Waals surface area contributed by atoms with Crippen molar-refractivity contribution in [1.82, 2.24) is 15.4 Å². The van der Waals surface area contributed by atoms with Crippen LogP contribution in [0, 0.1) is 12.7 Å². The van der Waals surface area contributed by atoms with Crippen LogP contribution in [0.2, 0.25) is 0 Å². The molecule has 0 fully saturated rings. The number of amides is 1. The van der Waals surface area contributed by atoms with Crippen molar-refractivity contribution in [3.8, 4) is 11.3 Å². The smallest absolute Gasteiger partial charge is 0.234 e. The van der Waals surface area contributed by atoms with E-state index >= 15 is 0 Å². The summed E-state index contributed by atoms with van der Waals surface area (Å²) in [6.07, 6.45) is 0. The predicted molar refractivity (Wildman–Crippen MR) is 90.9 cm³/mol. The van der Waals surface area contributed by atoms with E-state index in [0.717, 1.165) is 23.4 Å². The molecule has 0 bridgehead atoms. The third kappa shape index (κ3) is 4.64. The normalized spacial score (nSPS) is 11.3. The maximum atomic E-state index is 13.0. The first-order valence-corrected chi connectivity index (χ1v) is 8.13. The van der Waals surface area contributed by atoms with E-state index in [1.807, 2.05) is 32.6 Å². The Hall–Kier alpha value is -2.21. The molecule has 1 aromatic carbocycles. The van der Waals surface area contributed by atoms with E-state index in [0.29, 0.717) is 18.8 Å². The number of halogens is 1. The van der Waals surface area contributed by atoms with Gasteiger partial charge in [-0.15, -0.1) is 0 Å². The number of nitrogens with one attached hydrogen (secondary N) is 1. The average molecular weight is 333 g/mol. The SMILES string of the molecule is CCN(CC(=O)NC(C)C)Cc1noc(-c2ccc(F)cc2)c1C. The Morgan fingerprint density at radius 1 is 1.33 bits per heavy atom. The topological polar surface area (TPSA) is 58.4 Å². The second kappa shape index (κ2) is 8.06. The Balaban J connectivity index is 2.09. The van der Waals surface area contributed by atoms with Crippen LogP contribution in [0.5, 0.6) is 0 Å². The molecular weight excluding hydrogens is 309 g/mol. The van der Waals surface area contributed by atoms with E-state index < -0.39 is 0 Å². The average Bonchev–Trinajstić information content (AvgIpc) is 2.87. The molecule has 2 rings (SSSR count). The van der Waals surface area contributed by atoms with Crippen LogP contribution in [-0.4, -0.2) is 35.1 Å². The predicted octanol–water partition coefficient (Wildman–Crippen LogP) is 3.14. The largest absolute Gasteiger partial charge is 0.356 e. The highest BCUT2D eigenvalue weighted by atomic mass is 19.1. The minimum atomic E-state index is -0.288. The third-order valence-electron chi connectivity index (χ3n) is 3.76. The fourth-order valence-electron chi connectivity index (χ4n) is 2.45. The molecule has 1 heterocycles. The quantitative estimate of drug-likeness (QED) is 0.846. The molecule has 0 saturated carbocycles. The third-order valence-corrected chi connectivity index (χ3v) is 3.76. The molecule has 1 amide bonds. The molecule has 2 aromatic rings. The summed E-state index contributed by atoms with van der Waals surface area (Å²) in [5, 5.41) is 7.01. The Labute approximate surface area is 141 Å². The minimum Gasteiger partial charge on any atom is -0.356 e. The molecule has 0 aliphatic heterocycles. The summed E-state index contributed by atoms with van der Waals surface area (Å²) in [7, 11) is 0. The number of aromatic nitrogens is 1. The van der Waals surface area contributed by atoms with Crippen LogP contribution >= 0.6 is 0 Å². The number of hydrogen-bond acceptors (Lipinski definition) is 4. The molecular formula is C18H24FN3O2. The van der Waals surface area contributed by atoms with Crippen LogP contribution in [0.4, 0.5) is 4.39 Å². The van der Waals surface area contributed by atoms with Crippen molar-refractivity contribution in [2.75, 3.05) is 13.1 Å². The highest BCUT2D eigenvalue weighted by Crippen LogP contribution is 2.26. The van der Waals surface area contributed by atoms with Gasteiger partial charge in [-0.2, -0.15) is 0 Å². The Morgan fingerprint density at radius 3 is 2.58 bits per heavy atom. The molecule has 5 nitrogen and oxygen atoms in total. The standard InChI is InChI=1S/C18H24FN3O2/c1-5-22(11-17(23)20-12(2)3)10-16-13(4)18(24-21-16)14-6-8-15(19)9-7-14/h6-9,12H,5,10-11H2,1-4H3,(H,20,23). The maximum absolute atomic E-state index is 13.0. The fourth-order valence-corrected chi connectivity index (χ4v) is 2.45. The van der Waals surface area contributed by atoms with Gasteiger partial charge >= 0.3 is 0 Å². The van der Waals surface area contributed by atoms with Gasteiger partial charge in [-0.3, -0.25) is 9.69 Å². The number of carbonyl (C=O) groups excluding carboxylic acids is 1. The van der Waals surface area contributed by atoms with E-state index in [2.05, 4.69) is 10.5 Å². The lowest BCUT2D eigenvalue weighted by Crippen LogP contribution is -2.39. The highest BCUT2D eigenvalue weighted by Gasteiger charge is 2.17. The number of rotatable bonds is 7. The van der Waals surface area contributed by atoms with Crippen molar-refractivity contribution in [3.05, 3.63) is 41.3 Å². The molecule has 0 spiro atoms. The maximum Gasteiger partial charge on any atom is 0.234 e. The molecule has 0 unspecified atom stereocenters. The van der Waals surface area contributed by atoms with Crippen molar-refractivity contribution in [3.63, 3.8) is 0 Å². The molecule has 6 heteroatoms. The molecule has 130 valence electrons. The monoisotopic (exact) mass is 333 g/mol. The lowest BCUT2D eigenvalue weighted by molar-refractivity contribution is -0.122. The van der Waals surface area contributed by atoms with E-state index in [4.69, 9.17) is 4.52 Å². The number of carbonyl (C=O) groups is 1. The van der Waals surface area contributed by atoms with Gasteiger partial charge in [-0.25, -0.2) is 4.39 Å². The van der Waals surface area contributed by atoms with Crippen molar-refractivity contribution in [2.45, 2.75) is 40.3 Å². The first kappa shape index (κ1) is 18.1. The fraction of sp³-hybridized carbons (Fsp3) is 0.444. The molecule has 24 heavy (non-hydrogen) atoms. The summed E-state index contributed by atoms with van der Waals surface area (Å²) < 4.78 is 18.5. The summed E-state index contributed by atoms with van der Waals surface area (Å²) >= 11 is 0. The van der Waals surface area contributed by atoms with E-state index in [1.165, 1.54) is 12.1 Å². The lowest BCUT2D eigenvalue weighted by atomic mass is 10.1. The first-order chi connectivity index (χ1) is 11.4. The van der Waals surface area contributed by atoms with E-state index in [-0.39, 0.29) is 17.8 Å². The van der Waals surface area contributed by atoms with Gasteiger partial charge < -0.3 is 9.84 Å². The van der Waals surface area contributed by atoms with Gasteiger partial charge in [0.25, 0.3) is 0 Å². The first-order valence-electron chi connectivity index (χ1n) is 8.13. The summed E-state index contributed by atoms with van der Waals surface area (Å²) in [6, 6.07) is 6.24. The van der Waals surface area contributed by atoms with Crippen LogP contribution in [0.1, 0.15) is 32.0 Å². The number of nitrogens with zero attached hydrogens (tertiary/aromatic N) is 2. The van der Waals surface area contributed by atoms with Crippen molar-refractivity contribution in [1.29, 1.82) is 0 Å². The van der Waals surface area contributed by atoms with Crippen LogP contribution < -0.4 is 5.32 Å². The zero-order chi connectivity index (χ0) is 17.7. The Bertz CT molecular complexity index is 680. The van der Waals surface area contributed by atoms with Gasteiger partial charge in [0.1, 0.15) is 11.5 Å². The van der Waals surface area contributed by atoms with Gasteiger partial charge in [0, 0.05) is 23.7 Å². The lowest BCUT2D eigenvalue weighted by Gasteiger charge is -2.19. The molecule has 1 N–H and O–H groups in total. The highest BCUT2D eigenvalue weighted by molar-refractivity contribution is 5.78. The van der Waals surface area contributed by atoms with Crippen molar-refractivity contribution in [2.24, 2.45) is 0 Å². The van der Waals surface area contributed by atoms with Crippen LogP contribution in [0.3, 0.4) is 0 Å². The van der Waals surface area contributed by atoms with Gasteiger partial charge in [0.15, 0.2) is 5.76 Å². The second-order valence-electron chi connectivity index (χ2n) is 6.12. The van der Waals surface area contributed by atoms with Crippen molar-refractivity contribution < 1.29 is 13.7 Å². The number of benzene rings is 1. The summed E-state index contributed by atoms with van der Waals surface area (Å²) in [6.45, 7) is 9.36. The van der Waals surface area contributed by atoms with Gasteiger partial charge in [-0.05, 0) is 51.6 Å². The summed E-state index contributed by atoms with van der Waals surface area (Å²) in [4.78, 5) is 13.9. The zero-order valence-electron chi connectivity index (χ0n) is 14.6. The minimum absolute atomic E-state index is 0.00763. The van der Waals surface area contributed by atoms with Crippen LogP contribution in [0.15, 0.2) is 28.8 Å². The second-order valence-corrected chi connectivity index (χ2v) is 6.12. The van der Waals surface area contributed by atoms with Crippen LogP contribution in [0.25, 0.3) is 11.3 Å². The number of likely N-dealkylation sites (N-methyl/N-ethyl adjacent to an activating group) is 1. The van der Waals surface area contributed by atoms with Gasteiger partial charge in [0.05, 0.1) is 6.54 Å². The Morgan fingerprint density at radius 2 is 2.00 bits per heavy atom. The van der Waals surface area contributed by atoms with Gasteiger partial charge in [0.2, 0.25) is 5.91 Å². The number of hydrogen-bond donors (Lipinski definition) is 1. The van der Waals surface area contributed by atoms with Crippen molar-refractivity contribution >= 4 is 5.91 Å².